The van der Waals surface area contributed by atoms with Gasteiger partial charge < -0.3 is 43.4 Å². The van der Waals surface area contributed by atoms with Gasteiger partial charge in [-0.2, -0.15) is 0 Å². The highest BCUT2D eigenvalue weighted by Crippen LogP contribution is 2.13. The van der Waals surface area contributed by atoms with E-state index >= 15 is 0 Å². The average Bonchev–Trinajstić information content (AvgIpc) is 2.85. The molecule has 1 rings (SSSR count). The normalized spacial score (nSPS) is 14.1. The van der Waals surface area contributed by atoms with Gasteiger partial charge >= 0.3 is 5.97 Å². The summed E-state index contributed by atoms with van der Waals surface area (Å²) in [5, 5.41) is 26.7. The van der Waals surface area contributed by atoms with Crippen molar-refractivity contribution in [2.24, 2.45) is 23.1 Å². The molecule has 0 aliphatic rings. The Hall–Kier alpha value is -3.71. The highest BCUT2D eigenvalue weighted by Gasteiger charge is 2.31. The van der Waals surface area contributed by atoms with E-state index in [0.29, 0.717) is 24.9 Å². The summed E-state index contributed by atoms with van der Waals surface area (Å²) in [5.74, 6) is -4.31. The van der Waals surface area contributed by atoms with Crippen molar-refractivity contribution in [1.29, 1.82) is 0 Å². The van der Waals surface area contributed by atoms with Gasteiger partial charge in [-0.1, -0.05) is 26.0 Å². The lowest BCUT2D eigenvalue weighted by atomic mass is 10.0. The summed E-state index contributed by atoms with van der Waals surface area (Å²) >= 11 is 0. The minimum absolute atomic E-state index is 0.00400. The second kappa shape index (κ2) is 16.2. The first-order valence-electron chi connectivity index (χ1n) is 12.5. The van der Waals surface area contributed by atoms with Crippen LogP contribution in [0.5, 0.6) is 5.75 Å². The smallest absolute Gasteiger partial charge is 0.326 e. The topological polar surface area (TPSA) is 240 Å². The van der Waals surface area contributed by atoms with E-state index in [9.17, 15) is 34.2 Å². The van der Waals surface area contributed by atoms with Crippen LogP contribution in [0.3, 0.4) is 0 Å². The van der Waals surface area contributed by atoms with Gasteiger partial charge in [-0.3, -0.25) is 19.2 Å². The lowest BCUT2D eigenvalue weighted by molar-refractivity contribution is -0.143. The second-order valence-corrected chi connectivity index (χ2v) is 9.46. The van der Waals surface area contributed by atoms with Crippen molar-refractivity contribution in [2.45, 2.75) is 76.5 Å². The Balaban J connectivity index is 3.13. The Morgan fingerprint density at radius 1 is 0.868 bits per heavy atom. The molecule has 0 bridgehead atoms. The number of phenols is 1. The van der Waals surface area contributed by atoms with Crippen molar-refractivity contribution in [3.8, 4) is 5.75 Å². The molecule has 4 atom stereocenters. The van der Waals surface area contributed by atoms with Crippen molar-refractivity contribution < 1.29 is 34.2 Å². The molecule has 1 aromatic rings. The fraction of sp³-hybridized carbons (Fsp3) is 0.560. The molecule has 1 aromatic carbocycles. The van der Waals surface area contributed by atoms with Crippen LogP contribution in [0.25, 0.3) is 0 Å². The third-order valence-corrected chi connectivity index (χ3v) is 5.86. The van der Waals surface area contributed by atoms with Gasteiger partial charge in [0.05, 0.1) is 6.04 Å². The number of carboxylic acids is 1. The summed E-state index contributed by atoms with van der Waals surface area (Å²) < 4.78 is 0. The second-order valence-electron chi connectivity index (χ2n) is 9.46. The number of carbonyl (C=O) groups is 5. The molecule has 0 heterocycles. The summed E-state index contributed by atoms with van der Waals surface area (Å²) in [5.41, 5.74) is 17.1. The standard InChI is InChI=1S/C25H40N6O7/c1-14(2)21(25(37)38)31-24(36)19(13-15-6-8-16(32)9-7-15)30-23(35)18(5-3-4-12-26)29-22(34)17(27)10-11-20(28)33/h6-9,14,17-19,21,32H,3-5,10-13,26-27H2,1-2H3,(H2,28,33)(H,29,34)(H,30,35)(H,31,36)(H,37,38). The van der Waals surface area contributed by atoms with Crippen LogP contribution in [0, 0.1) is 5.92 Å². The number of rotatable bonds is 17. The van der Waals surface area contributed by atoms with E-state index in [4.69, 9.17) is 17.2 Å². The van der Waals surface area contributed by atoms with E-state index in [1.165, 1.54) is 12.1 Å². The first-order chi connectivity index (χ1) is 17.8. The van der Waals surface area contributed by atoms with Gasteiger partial charge in [0.25, 0.3) is 0 Å². The van der Waals surface area contributed by atoms with E-state index in [0.717, 1.165) is 0 Å². The van der Waals surface area contributed by atoms with Crippen LogP contribution >= 0.6 is 0 Å². The number of aliphatic carboxylic acids is 1. The molecular weight excluding hydrogens is 496 g/mol. The highest BCUT2D eigenvalue weighted by molar-refractivity contribution is 5.94. The minimum atomic E-state index is -1.22. The quantitative estimate of drug-likeness (QED) is 0.112. The van der Waals surface area contributed by atoms with E-state index in [1.54, 1.807) is 26.0 Å². The molecule has 13 nitrogen and oxygen atoms in total. The zero-order valence-corrected chi connectivity index (χ0v) is 21.8. The summed E-state index contributed by atoms with van der Waals surface area (Å²) in [6, 6.07) is 1.45. The van der Waals surface area contributed by atoms with Gasteiger partial charge in [-0.25, -0.2) is 4.79 Å². The molecule has 0 saturated carbocycles. The van der Waals surface area contributed by atoms with E-state index in [1.807, 2.05) is 0 Å². The molecule has 4 unspecified atom stereocenters. The first-order valence-corrected chi connectivity index (χ1v) is 12.5. The summed E-state index contributed by atoms with van der Waals surface area (Å²) in [4.78, 5) is 61.6. The van der Waals surface area contributed by atoms with Gasteiger partial charge in [-0.05, 0) is 55.8 Å². The predicted octanol–water partition coefficient (Wildman–Crippen LogP) is -1.15. The fourth-order valence-electron chi connectivity index (χ4n) is 3.59. The lowest BCUT2D eigenvalue weighted by Crippen LogP contribution is -2.58. The maximum atomic E-state index is 13.3. The molecule has 38 heavy (non-hydrogen) atoms. The summed E-state index contributed by atoms with van der Waals surface area (Å²) in [7, 11) is 0. The van der Waals surface area contributed by atoms with Crippen LogP contribution in [-0.2, 0) is 30.4 Å². The maximum absolute atomic E-state index is 13.3. The van der Waals surface area contributed by atoms with Crippen molar-refractivity contribution in [2.75, 3.05) is 6.54 Å². The third-order valence-electron chi connectivity index (χ3n) is 5.86. The largest absolute Gasteiger partial charge is 0.508 e. The molecule has 13 heteroatoms. The number of nitrogens with two attached hydrogens (primary N) is 3. The number of unbranched alkanes of at least 4 members (excludes halogenated alkanes) is 1. The number of phenolic OH excluding ortho intramolecular Hbond substituents is 1. The molecule has 0 spiro atoms. The van der Waals surface area contributed by atoms with Crippen LogP contribution in [0.2, 0.25) is 0 Å². The zero-order valence-electron chi connectivity index (χ0n) is 21.8. The Morgan fingerprint density at radius 2 is 1.45 bits per heavy atom. The van der Waals surface area contributed by atoms with Crippen molar-refractivity contribution in [3.05, 3.63) is 29.8 Å². The van der Waals surface area contributed by atoms with Gasteiger partial charge in [-0.15, -0.1) is 0 Å². The number of hydrogen-bond acceptors (Lipinski definition) is 8. The number of nitrogens with one attached hydrogen (secondary N) is 3. The number of carbonyl (C=O) groups excluding carboxylic acids is 4. The molecular formula is C25H40N6O7. The number of aromatic hydroxyl groups is 1. The zero-order chi connectivity index (χ0) is 28.8. The van der Waals surface area contributed by atoms with E-state index in [2.05, 4.69) is 16.0 Å². The van der Waals surface area contributed by atoms with E-state index in [-0.39, 0.29) is 31.4 Å². The Bertz CT molecular complexity index is 954. The number of hydrogen-bond donors (Lipinski definition) is 8. The highest BCUT2D eigenvalue weighted by atomic mass is 16.4. The fourth-order valence-corrected chi connectivity index (χ4v) is 3.59. The van der Waals surface area contributed by atoms with Gasteiger partial charge in [0.2, 0.25) is 23.6 Å². The van der Waals surface area contributed by atoms with Gasteiger partial charge in [0, 0.05) is 12.8 Å². The van der Waals surface area contributed by atoms with Crippen LogP contribution in [-0.4, -0.2) is 70.5 Å². The number of benzene rings is 1. The summed E-state index contributed by atoms with van der Waals surface area (Å²) in [6.07, 6.45) is 1.16. The molecule has 0 fully saturated rings. The Morgan fingerprint density at radius 3 is 1.97 bits per heavy atom. The summed E-state index contributed by atoms with van der Waals surface area (Å²) in [6.45, 7) is 3.65. The molecule has 4 amide bonds. The van der Waals surface area contributed by atoms with Crippen molar-refractivity contribution >= 4 is 29.6 Å². The predicted molar refractivity (Wildman–Crippen MR) is 139 cm³/mol. The molecule has 0 saturated heterocycles. The van der Waals surface area contributed by atoms with Crippen LogP contribution in [0.15, 0.2) is 24.3 Å². The van der Waals surface area contributed by atoms with Crippen molar-refractivity contribution in [3.63, 3.8) is 0 Å². The number of primary amides is 1. The van der Waals surface area contributed by atoms with Crippen molar-refractivity contribution in [1.82, 2.24) is 16.0 Å². The maximum Gasteiger partial charge on any atom is 0.326 e. The number of carboxylic acid groups (broad SMARTS) is 1. The Kier molecular flexibility index (Phi) is 13.8. The molecule has 0 radical (unpaired) electrons. The molecule has 212 valence electrons. The van der Waals surface area contributed by atoms with Crippen LogP contribution in [0.1, 0.15) is 51.5 Å². The first kappa shape index (κ1) is 32.3. The lowest BCUT2D eigenvalue weighted by Gasteiger charge is -2.26. The molecule has 11 N–H and O–H groups in total. The van der Waals surface area contributed by atoms with Gasteiger partial charge in [0.1, 0.15) is 23.9 Å². The van der Waals surface area contributed by atoms with Crippen LogP contribution in [0.4, 0.5) is 0 Å². The molecule has 0 aliphatic heterocycles. The van der Waals surface area contributed by atoms with E-state index < -0.39 is 59.7 Å². The van der Waals surface area contributed by atoms with Crippen LogP contribution < -0.4 is 33.2 Å². The molecule has 0 aromatic heterocycles. The average molecular weight is 537 g/mol. The van der Waals surface area contributed by atoms with Gasteiger partial charge in [0.15, 0.2) is 0 Å². The Labute approximate surface area is 221 Å². The molecule has 0 aliphatic carbocycles. The SMILES string of the molecule is CC(C)C(NC(=O)C(Cc1ccc(O)cc1)NC(=O)C(CCCCN)NC(=O)C(N)CCC(N)=O)C(=O)O. The number of amides is 4. The monoisotopic (exact) mass is 536 g/mol. The minimum Gasteiger partial charge on any atom is -0.508 e. The third kappa shape index (κ3) is 11.6.